The van der Waals surface area contributed by atoms with Crippen LogP contribution < -0.4 is 14.9 Å². The van der Waals surface area contributed by atoms with E-state index in [1.54, 1.807) is 24.3 Å². The third-order valence-corrected chi connectivity index (χ3v) is 8.65. The molecule has 0 saturated carbocycles. The molecule has 0 bridgehead atoms. The highest BCUT2D eigenvalue weighted by Crippen LogP contribution is 2.45. The molecule has 3 aromatic carbocycles. The number of carbonyl (C=O) groups is 1. The summed E-state index contributed by atoms with van der Waals surface area (Å²) in [5, 5.41) is 14.8. The molecule has 36 heavy (non-hydrogen) atoms. The molecule has 11 heteroatoms. The first-order valence-electron chi connectivity index (χ1n) is 10.9. The second-order valence-electron chi connectivity index (χ2n) is 7.62. The van der Waals surface area contributed by atoms with Crippen LogP contribution in [-0.2, 0) is 11.4 Å². The van der Waals surface area contributed by atoms with Crippen LogP contribution >= 0.6 is 39.5 Å². The molecule has 8 nitrogen and oxygen atoms in total. The van der Waals surface area contributed by atoms with E-state index in [0.29, 0.717) is 21.6 Å². The van der Waals surface area contributed by atoms with Crippen molar-refractivity contribution in [2.45, 2.75) is 11.2 Å². The van der Waals surface area contributed by atoms with Crippen LogP contribution in [0.4, 0.5) is 5.69 Å². The normalized spacial score (nSPS) is 13.6. The number of nitro benzene ring substituents is 1. The van der Waals surface area contributed by atoms with E-state index in [9.17, 15) is 14.9 Å². The lowest BCUT2D eigenvalue weighted by atomic mass is 10.2. The first-order chi connectivity index (χ1) is 17.5. The minimum atomic E-state index is -0.446. The van der Waals surface area contributed by atoms with Gasteiger partial charge in [-0.05, 0) is 53.6 Å². The summed E-state index contributed by atoms with van der Waals surface area (Å²) in [5.41, 5.74) is 5.16. The number of benzene rings is 3. The number of hydrogen-bond acceptors (Lipinski definition) is 8. The maximum Gasteiger partial charge on any atom is 0.277 e. The quantitative estimate of drug-likeness (QED) is 0.178. The van der Waals surface area contributed by atoms with E-state index in [1.165, 1.54) is 35.4 Å². The number of nitrogens with zero attached hydrogens (tertiary/aromatic N) is 2. The zero-order chi connectivity index (χ0) is 25.3. The third-order valence-electron chi connectivity index (χ3n) is 5.05. The summed E-state index contributed by atoms with van der Waals surface area (Å²) in [6.07, 6.45) is 1.49. The van der Waals surface area contributed by atoms with Gasteiger partial charge in [-0.2, -0.15) is 5.10 Å². The predicted molar refractivity (Wildman–Crippen MR) is 147 cm³/mol. The Morgan fingerprint density at radius 1 is 1.08 bits per heavy atom. The summed E-state index contributed by atoms with van der Waals surface area (Å²) in [4.78, 5) is 22.5. The van der Waals surface area contributed by atoms with Gasteiger partial charge in [0.25, 0.3) is 11.6 Å². The number of nitrogens with one attached hydrogen (secondary N) is 1. The van der Waals surface area contributed by atoms with Crippen molar-refractivity contribution in [3.63, 3.8) is 0 Å². The number of nitro groups is 1. The summed E-state index contributed by atoms with van der Waals surface area (Å²) >= 11 is 7.30. The van der Waals surface area contributed by atoms with Gasteiger partial charge >= 0.3 is 0 Å². The van der Waals surface area contributed by atoms with E-state index in [-0.39, 0.29) is 24.8 Å². The molecule has 1 amide bonds. The highest BCUT2D eigenvalue weighted by molar-refractivity contribution is 9.10. The average Bonchev–Trinajstić information content (AvgIpc) is 3.43. The molecule has 0 radical (unpaired) electrons. The Morgan fingerprint density at radius 2 is 1.81 bits per heavy atom. The summed E-state index contributed by atoms with van der Waals surface area (Å²) in [5.74, 6) is 3.12. The van der Waals surface area contributed by atoms with Gasteiger partial charge in [0.2, 0.25) is 0 Å². The van der Waals surface area contributed by atoms with Crippen LogP contribution in [0.2, 0.25) is 0 Å². The van der Waals surface area contributed by atoms with Crippen LogP contribution in [0.25, 0.3) is 0 Å². The molecule has 0 aliphatic carbocycles. The van der Waals surface area contributed by atoms with Crippen molar-refractivity contribution in [3.05, 3.63) is 98.0 Å². The Balaban J connectivity index is 1.28. The molecular formula is C25H22BrN3O5S2. The van der Waals surface area contributed by atoms with Crippen molar-refractivity contribution in [3.8, 4) is 11.5 Å². The fourth-order valence-electron chi connectivity index (χ4n) is 3.25. The van der Waals surface area contributed by atoms with Gasteiger partial charge in [0.15, 0.2) is 6.61 Å². The van der Waals surface area contributed by atoms with Crippen molar-refractivity contribution in [1.29, 1.82) is 0 Å². The zero-order valence-electron chi connectivity index (χ0n) is 19.0. The van der Waals surface area contributed by atoms with Gasteiger partial charge in [-0.3, -0.25) is 14.9 Å². The van der Waals surface area contributed by atoms with Crippen LogP contribution in [0.5, 0.6) is 11.5 Å². The molecule has 1 saturated heterocycles. The molecule has 0 aromatic heterocycles. The van der Waals surface area contributed by atoms with Gasteiger partial charge < -0.3 is 9.47 Å². The molecule has 1 aliphatic rings. The highest BCUT2D eigenvalue weighted by atomic mass is 79.9. The predicted octanol–water partition coefficient (Wildman–Crippen LogP) is 5.94. The van der Waals surface area contributed by atoms with Crippen molar-refractivity contribution < 1.29 is 19.2 Å². The number of hydrogen-bond donors (Lipinski definition) is 1. The summed E-state index contributed by atoms with van der Waals surface area (Å²) in [6, 6.07) is 19.4. The number of rotatable bonds is 10. The lowest BCUT2D eigenvalue weighted by Crippen LogP contribution is -2.24. The molecule has 186 valence electrons. The molecule has 1 fully saturated rings. The van der Waals surface area contributed by atoms with Gasteiger partial charge in [-0.25, -0.2) is 5.43 Å². The largest absolute Gasteiger partial charge is 0.488 e. The van der Waals surface area contributed by atoms with Gasteiger partial charge in [-0.1, -0.05) is 28.1 Å². The van der Waals surface area contributed by atoms with E-state index in [1.807, 2.05) is 53.9 Å². The minimum Gasteiger partial charge on any atom is -0.488 e. The number of ether oxygens (including phenoxy) is 2. The van der Waals surface area contributed by atoms with E-state index >= 15 is 0 Å². The number of halogens is 1. The van der Waals surface area contributed by atoms with Crippen LogP contribution in [0.1, 0.15) is 21.3 Å². The number of non-ortho nitro benzene ring substituents is 1. The molecule has 3 aromatic rings. The highest BCUT2D eigenvalue weighted by Gasteiger charge is 2.18. The molecule has 4 rings (SSSR count). The Labute approximate surface area is 225 Å². The van der Waals surface area contributed by atoms with E-state index < -0.39 is 4.92 Å². The van der Waals surface area contributed by atoms with Crippen LogP contribution in [0.15, 0.2) is 76.3 Å². The van der Waals surface area contributed by atoms with E-state index in [4.69, 9.17) is 9.47 Å². The topological polar surface area (TPSA) is 103 Å². The Kier molecular flexibility index (Phi) is 9.26. The molecule has 1 heterocycles. The fourth-order valence-corrected chi connectivity index (χ4v) is 6.49. The maximum atomic E-state index is 12.2. The summed E-state index contributed by atoms with van der Waals surface area (Å²) in [7, 11) is 0. The lowest BCUT2D eigenvalue weighted by molar-refractivity contribution is -0.384. The minimum absolute atomic E-state index is 0.0224. The number of carbonyl (C=O) groups excluding carboxylic acids is 1. The molecule has 0 atom stereocenters. The average molecular weight is 589 g/mol. The first kappa shape index (κ1) is 26.1. The van der Waals surface area contributed by atoms with Gasteiger partial charge in [0.1, 0.15) is 18.1 Å². The van der Waals surface area contributed by atoms with Crippen LogP contribution in [-0.4, -0.2) is 35.2 Å². The Bertz CT molecular complexity index is 1230. The molecule has 0 unspecified atom stereocenters. The Hall–Kier alpha value is -3.02. The smallest absolute Gasteiger partial charge is 0.277 e. The SMILES string of the molecule is O=C(COc1ccc(C2SCCS2)cc1)N/N=C\c1cc(Br)ccc1OCc1ccc([N+](=O)[O-])cc1. The number of amides is 1. The van der Waals surface area contributed by atoms with Crippen LogP contribution in [0, 0.1) is 10.1 Å². The molecular weight excluding hydrogens is 566 g/mol. The first-order valence-corrected chi connectivity index (χ1v) is 13.8. The maximum absolute atomic E-state index is 12.2. The van der Waals surface area contributed by atoms with Gasteiger partial charge in [-0.15, -0.1) is 23.5 Å². The zero-order valence-corrected chi connectivity index (χ0v) is 22.2. The summed E-state index contributed by atoms with van der Waals surface area (Å²) < 4.78 is 12.7. The van der Waals surface area contributed by atoms with Crippen molar-refractivity contribution in [1.82, 2.24) is 5.43 Å². The van der Waals surface area contributed by atoms with Crippen molar-refractivity contribution in [2.24, 2.45) is 5.10 Å². The second kappa shape index (κ2) is 12.8. The van der Waals surface area contributed by atoms with E-state index in [0.717, 1.165) is 10.0 Å². The Morgan fingerprint density at radius 3 is 2.50 bits per heavy atom. The lowest BCUT2D eigenvalue weighted by Gasteiger charge is -2.10. The molecule has 0 spiro atoms. The monoisotopic (exact) mass is 587 g/mol. The molecule has 1 aliphatic heterocycles. The van der Waals surface area contributed by atoms with Crippen molar-refractivity contribution >= 4 is 57.3 Å². The van der Waals surface area contributed by atoms with Crippen molar-refractivity contribution in [2.75, 3.05) is 18.1 Å². The fraction of sp³-hybridized carbons (Fsp3) is 0.200. The van der Waals surface area contributed by atoms with E-state index in [2.05, 4.69) is 26.5 Å². The summed E-state index contributed by atoms with van der Waals surface area (Å²) in [6.45, 7) is 0.0587. The van der Waals surface area contributed by atoms with Gasteiger partial charge in [0.05, 0.1) is 15.7 Å². The standard InChI is InChI=1S/C25H22BrN3O5S2/c26-20-5-10-23(34-15-17-1-6-21(7-2-17)29(31)32)19(13-20)14-27-28-24(30)16-33-22-8-3-18(4-9-22)25-35-11-12-36-25/h1-10,13-14,25H,11-12,15-16H2,(H,28,30)/b27-14-. The number of hydrazone groups is 1. The molecule has 1 N–H and O–H groups in total. The van der Waals surface area contributed by atoms with Gasteiger partial charge in [0, 0.05) is 33.7 Å². The third kappa shape index (κ3) is 7.49. The second-order valence-corrected chi connectivity index (χ2v) is 11.3. The van der Waals surface area contributed by atoms with Crippen LogP contribution in [0.3, 0.4) is 0 Å². The number of thioether (sulfide) groups is 2.